The lowest BCUT2D eigenvalue weighted by Crippen LogP contribution is -2.34. The van der Waals surface area contributed by atoms with Crippen LogP contribution in [-0.2, 0) is 12.8 Å². The summed E-state index contributed by atoms with van der Waals surface area (Å²) in [6, 6.07) is 0. The van der Waals surface area contributed by atoms with Crippen molar-refractivity contribution in [3.8, 4) is 0 Å². The topological polar surface area (TPSA) is 38.9 Å². The van der Waals surface area contributed by atoms with E-state index >= 15 is 0 Å². The van der Waals surface area contributed by atoms with Crippen molar-refractivity contribution in [3.05, 3.63) is 15.6 Å². The van der Waals surface area contributed by atoms with Gasteiger partial charge in [0.15, 0.2) is 0 Å². The van der Waals surface area contributed by atoms with Gasteiger partial charge in [-0.15, -0.1) is 11.3 Å². The number of nitrogens with two attached hydrogens (primary N) is 1. The second-order valence-corrected chi connectivity index (χ2v) is 6.55. The Bertz CT molecular complexity index is 321. The number of hydrogen-bond acceptors (Lipinski definition) is 3. The van der Waals surface area contributed by atoms with Crippen LogP contribution in [0.4, 0.5) is 0 Å². The first-order valence-electron chi connectivity index (χ1n) is 5.52. The molecule has 0 aliphatic carbocycles. The van der Waals surface area contributed by atoms with Gasteiger partial charge in [-0.1, -0.05) is 13.8 Å². The molecule has 0 unspecified atom stereocenters. The molecule has 0 spiro atoms. The minimum absolute atomic E-state index is 0.133. The number of rotatable bonds is 4. The smallest absolute Gasteiger partial charge is 0.0933 e. The number of aromatic nitrogens is 1. The molecule has 2 nitrogen and oxygen atoms in total. The van der Waals surface area contributed by atoms with Gasteiger partial charge >= 0.3 is 0 Å². The van der Waals surface area contributed by atoms with Gasteiger partial charge < -0.3 is 5.73 Å². The van der Waals surface area contributed by atoms with Crippen LogP contribution in [0, 0.1) is 12.8 Å². The lowest BCUT2D eigenvalue weighted by atomic mass is 10.0. The van der Waals surface area contributed by atoms with Crippen molar-refractivity contribution < 1.29 is 0 Å². The van der Waals surface area contributed by atoms with Crippen LogP contribution in [-0.4, -0.2) is 10.5 Å². The van der Waals surface area contributed by atoms with E-state index in [2.05, 4.69) is 39.6 Å². The molecule has 0 aliphatic rings. The maximum absolute atomic E-state index is 6.03. The molecule has 1 rings (SSSR count). The highest BCUT2D eigenvalue weighted by atomic mass is 32.1. The van der Waals surface area contributed by atoms with Crippen molar-refractivity contribution in [2.45, 2.75) is 53.0 Å². The van der Waals surface area contributed by atoms with Crippen LogP contribution in [0.15, 0.2) is 0 Å². The fraction of sp³-hybridized carbons (Fsp3) is 0.750. The van der Waals surface area contributed by atoms with E-state index in [-0.39, 0.29) is 5.54 Å². The van der Waals surface area contributed by atoms with Gasteiger partial charge in [0.25, 0.3) is 0 Å². The zero-order chi connectivity index (χ0) is 11.6. The van der Waals surface area contributed by atoms with E-state index < -0.39 is 0 Å². The standard InChI is InChI=1S/C12H22N2S/c1-8(2)6-11-14-9(3)10(15-11)7-12(4,5)13/h8H,6-7,13H2,1-5H3. The minimum atomic E-state index is -0.133. The average molecular weight is 226 g/mol. The van der Waals surface area contributed by atoms with E-state index in [1.165, 1.54) is 9.88 Å². The Labute approximate surface area is 96.9 Å². The van der Waals surface area contributed by atoms with Crippen LogP contribution in [0.2, 0.25) is 0 Å². The number of nitrogens with zero attached hydrogens (tertiary/aromatic N) is 1. The molecule has 1 aromatic heterocycles. The molecular weight excluding hydrogens is 204 g/mol. The van der Waals surface area contributed by atoms with E-state index in [0.29, 0.717) is 5.92 Å². The molecule has 3 heteroatoms. The van der Waals surface area contributed by atoms with Crippen molar-refractivity contribution in [3.63, 3.8) is 0 Å². The molecule has 0 fully saturated rings. The van der Waals surface area contributed by atoms with Gasteiger partial charge in [0.1, 0.15) is 0 Å². The Kier molecular flexibility index (Phi) is 3.90. The molecule has 0 aliphatic heterocycles. The quantitative estimate of drug-likeness (QED) is 0.857. The molecule has 0 aromatic carbocycles. The summed E-state index contributed by atoms with van der Waals surface area (Å²) in [6.07, 6.45) is 2.01. The summed E-state index contributed by atoms with van der Waals surface area (Å²) in [4.78, 5) is 5.94. The highest BCUT2D eigenvalue weighted by molar-refractivity contribution is 7.11. The third-order valence-corrected chi connectivity index (χ3v) is 3.32. The Hall–Kier alpha value is -0.410. The highest BCUT2D eigenvalue weighted by Gasteiger charge is 2.16. The first-order chi connectivity index (χ1) is 6.78. The van der Waals surface area contributed by atoms with Crippen molar-refractivity contribution in [2.75, 3.05) is 0 Å². The van der Waals surface area contributed by atoms with Crippen molar-refractivity contribution in [1.29, 1.82) is 0 Å². The van der Waals surface area contributed by atoms with Gasteiger partial charge in [0, 0.05) is 23.3 Å². The van der Waals surface area contributed by atoms with Gasteiger partial charge in [0.2, 0.25) is 0 Å². The maximum Gasteiger partial charge on any atom is 0.0933 e. The Morgan fingerprint density at radius 1 is 1.40 bits per heavy atom. The summed E-state index contributed by atoms with van der Waals surface area (Å²) >= 11 is 1.82. The summed E-state index contributed by atoms with van der Waals surface area (Å²) in [7, 11) is 0. The number of aryl methyl sites for hydroxylation is 1. The summed E-state index contributed by atoms with van der Waals surface area (Å²) in [5.41, 5.74) is 7.05. The zero-order valence-corrected chi connectivity index (χ0v) is 11.2. The highest BCUT2D eigenvalue weighted by Crippen LogP contribution is 2.23. The third kappa shape index (κ3) is 4.31. The maximum atomic E-state index is 6.03. The predicted molar refractivity (Wildman–Crippen MR) is 67.4 cm³/mol. The van der Waals surface area contributed by atoms with Gasteiger partial charge in [0.05, 0.1) is 10.7 Å². The lowest BCUT2D eigenvalue weighted by molar-refractivity contribution is 0.519. The Balaban J connectivity index is 2.78. The fourth-order valence-corrected chi connectivity index (χ4v) is 3.02. The average Bonchev–Trinajstić information content (AvgIpc) is 2.26. The van der Waals surface area contributed by atoms with Crippen LogP contribution in [0.5, 0.6) is 0 Å². The van der Waals surface area contributed by atoms with E-state index in [9.17, 15) is 0 Å². The molecular formula is C12H22N2S. The van der Waals surface area contributed by atoms with E-state index in [4.69, 9.17) is 5.73 Å². The summed E-state index contributed by atoms with van der Waals surface area (Å²) in [6.45, 7) is 10.7. The van der Waals surface area contributed by atoms with Crippen molar-refractivity contribution in [2.24, 2.45) is 11.7 Å². The fourth-order valence-electron chi connectivity index (χ4n) is 1.50. The zero-order valence-electron chi connectivity index (χ0n) is 10.4. The molecule has 0 atom stereocenters. The van der Waals surface area contributed by atoms with E-state index in [1.807, 2.05) is 11.3 Å². The molecule has 1 aromatic rings. The van der Waals surface area contributed by atoms with Crippen LogP contribution < -0.4 is 5.73 Å². The normalized spacial score (nSPS) is 12.5. The first kappa shape index (κ1) is 12.7. The largest absolute Gasteiger partial charge is 0.325 e. The second kappa shape index (κ2) is 4.62. The third-order valence-electron chi connectivity index (χ3n) is 2.14. The van der Waals surface area contributed by atoms with E-state index in [1.54, 1.807) is 0 Å². The SMILES string of the molecule is Cc1nc(CC(C)C)sc1CC(C)(C)N. The summed E-state index contributed by atoms with van der Waals surface area (Å²) < 4.78 is 0. The number of hydrogen-bond donors (Lipinski definition) is 1. The molecule has 15 heavy (non-hydrogen) atoms. The molecule has 1 heterocycles. The molecule has 0 amide bonds. The lowest BCUT2D eigenvalue weighted by Gasteiger charge is -2.17. The Morgan fingerprint density at radius 3 is 2.47 bits per heavy atom. The molecule has 0 saturated carbocycles. The van der Waals surface area contributed by atoms with Crippen molar-refractivity contribution in [1.82, 2.24) is 4.98 Å². The van der Waals surface area contributed by atoms with Crippen LogP contribution >= 0.6 is 11.3 Å². The monoisotopic (exact) mass is 226 g/mol. The van der Waals surface area contributed by atoms with Crippen molar-refractivity contribution >= 4 is 11.3 Å². The van der Waals surface area contributed by atoms with Gasteiger partial charge in [-0.3, -0.25) is 0 Å². The van der Waals surface area contributed by atoms with Crippen LogP contribution in [0.25, 0.3) is 0 Å². The van der Waals surface area contributed by atoms with E-state index in [0.717, 1.165) is 18.5 Å². The first-order valence-corrected chi connectivity index (χ1v) is 6.33. The predicted octanol–water partition coefficient (Wildman–Crippen LogP) is 2.93. The molecule has 0 radical (unpaired) electrons. The molecule has 86 valence electrons. The van der Waals surface area contributed by atoms with Gasteiger partial charge in [-0.05, 0) is 26.7 Å². The van der Waals surface area contributed by atoms with Crippen LogP contribution in [0.1, 0.15) is 43.3 Å². The summed E-state index contributed by atoms with van der Waals surface area (Å²) in [5, 5.41) is 1.25. The van der Waals surface area contributed by atoms with Gasteiger partial charge in [-0.2, -0.15) is 0 Å². The van der Waals surface area contributed by atoms with Crippen LogP contribution in [0.3, 0.4) is 0 Å². The summed E-state index contributed by atoms with van der Waals surface area (Å²) in [5.74, 6) is 0.675. The molecule has 0 bridgehead atoms. The molecule has 0 saturated heterocycles. The molecule has 2 N–H and O–H groups in total. The second-order valence-electron chi connectivity index (χ2n) is 5.38. The Morgan fingerprint density at radius 2 is 2.00 bits per heavy atom. The van der Waals surface area contributed by atoms with Gasteiger partial charge in [-0.25, -0.2) is 4.98 Å². The number of thiazole rings is 1. The minimum Gasteiger partial charge on any atom is -0.325 e.